The second-order valence-corrected chi connectivity index (χ2v) is 10.0. The van der Waals surface area contributed by atoms with Crippen LogP contribution in [0.25, 0.3) is 0 Å². The average molecular weight is 602 g/mol. The van der Waals surface area contributed by atoms with E-state index in [1.807, 2.05) is 0 Å². The second kappa shape index (κ2) is 14.3. The van der Waals surface area contributed by atoms with Crippen LogP contribution in [0.2, 0.25) is 0 Å². The van der Waals surface area contributed by atoms with Gasteiger partial charge in [-0.3, -0.25) is 14.5 Å². The Balaban J connectivity index is 1.69. The summed E-state index contributed by atoms with van der Waals surface area (Å²) in [6.07, 6.45) is -4.13. The van der Waals surface area contributed by atoms with E-state index in [1.165, 1.54) is 19.1 Å². The Morgan fingerprint density at radius 3 is 1.98 bits per heavy atom. The smallest absolute Gasteiger partial charge is 0.491 e. The summed E-state index contributed by atoms with van der Waals surface area (Å²) >= 11 is 0. The maximum Gasteiger partial charge on any atom is 0.491 e. The lowest BCUT2D eigenvalue weighted by Crippen LogP contribution is -2.44. The number of benzene rings is 1. The summed E-state index contributed by atoms with van der Waals surface area (Å²) < 4.78 is 52.2. The van der Waals surface area contributed by atoms with Gasteiger partial charge >= 0.3 is 24.1 Å². The summed E-state index contributed by atoms with van der Waals surface area (Å²) in [6, 6.07) is 3.03. The first-order valence-electron chi connectivity index (χ1n) is 13.4. The van der Waals surface area contributed by atoms with Crippen LogP contribution in [0.5, 0.6) is 11.5 Å². The third-order valence-corrected chi connectivity index (χ3v) is 7.27. The molecule has 1 aromatic carbocycles. The molecule has 2 atom stereocenters. The fraction of sp³-hybridized carbons (Fsp3) is 0.593. The molecule has 0 aromatic heterocycles. The molecule has 2 heterocycles. The predicted molar refractivity (Wildman–Crippen MR) is 138 cm³/mol. The molecule has 2 amide bonds. The summed E-state index contributed by atoms with van der Waals surface area (Å²) in [6.45, 7) is 1.01. The molecule has 0 saturated carbocycles. The van der Waals surface area contributed by atoms with E-state index in [-0.39, 0.29) is 51.3 Å². The highest BCUT2D eigenvalue weighted by atomic mass is 19.4. The van der Waals surface area contributed by atoms with Gasteiger partial charge in [-0.1, -0.05) is 6.07 Å². The van der Waals surface area contributed by atoms with E-state index in [1.54, 1.807) is 23.1 Å². The number of rotatable bonds is 12. The van der Waals surface area contributed by atoms with E-state index in [9.17, 15) is 42.3 Å². The molecule has 3 rings (SSSR count). The van der Waals surface area contributed by atoms with Crippen molar-refractivity contribution < 1.29 is 56.5 Å². The number of carboxylic acid groups (broad SMARTS) is 1. The van der Waals surface area contributed by atoms with Crippen LogP contribution in [0, 0.1) is 0 Å². The Morgan fingerprint density at radius 1 is 0.905 bits per heavy atom. The van der Waals surface area contributed by atoms with Gasteiger partial charge < -0.3 is 29.1 Å². The minimum atomic E-state index is -5.34. The van der Waals surface area contributed by atoms with Gasteiger partial charge in [-0.15, -0.1) is 0 Å². The average Bonchev–Trinajstić information content (AvgIpc) is 3.64. The minimum absolute atomic E-state index is 0.0104. The van der Waals surface area contributed by atoms with Crippen molar-refractivity contribution in [2.45, 2.75) is 63.3 Å². The van der Waals surface area contributed by atoms with Crippen LogP contribution in [-0.2, 0) is 35.3 Å². The van der Waals surface area contributed by atoms with E-state index in [4.69, 9.17) is 9.47 Å². The van der Waals surface area contributed by atoms with Gasteiger partial charge in [0.15, 0.2) is 11.5 Å². The Hall–Kier alpha value is -3.88. The third-order valence-electron chi connectivity index (χ3n) is 7.27. The second-order valence-electron chi connectivity index (χ2n) is 10.0. The molecule has 2 aliphatic heterocycles. The Bertz CT molecular complexity index is 1180. The monoisotopic (exact) mass is 601 g/mol. The lowest BCUT2D eigenvalue weighted by atomic mass is 10.1. The summed E-state index contributed by atoms with van der Waals surface area (Å²) in [4.78, 5) is 65.1. The number of nitrogens with zero attached hydrogens (tertiary/aromatic N) is 3. The lowest BCUT2D eigenvalue weighted by molar-refractivity contribution is -0.203. The molecule has 0 aliphatic carbocycles. The summed E-state index contributed by atoms with van der Waals surface area (Å²) in [7, 11) is 2.97. The van der Waals surface area contributed by atoms with Gasteiger partial charge in [0.05, 0.1) is 14.2 Å². The summed E-state index contributed by atoms with van der Waals surface area (Å²) in [5.74, 6) is -5.03. The highest BCUT2D eigenvalue weighted by molar-refractivity contribution is 5.93. The Morgan fingerprint density at radius 2 is 1.45 bits per heavy atom. The first kappa shape index (κ1) is 32.6. The van der Waals surface area contributed by atoms with E-state index in [0.29, 0.717) is 37.3 Å². The number of amides is 2. The van der Waals surface area contributed by atoms with Gasteiger partial charge in [0.2, 0.25) is 11.8 Å². The fourth-order valence-electron chi connectivity index (χ4n) is 5.15. The maximum absolute atomic E-state index is 13.1. The van der Waals surface area contributed by atoms with Crippen molar-refractivity contribution in [2.75, 3.05) is 40.4 Å². The van der Waals surface area contributed by atoms with Crippen LogP contribution < -0.4 is 9.47 Å². The predicted octanol–water partition coefficient (Wildman–Crippen LogP) is 1.98. The molecular weight excluding hydrogens is 567 g/mol. The summed E-state index contributed by atoms with van der Waals surface area (Å²) in [5, 5.41) is 9.42. The number of aliphatic carboxylic acids is 1. The minimum Gasteiger partial charge on any atom is -0.493 e. The molecule has 2 fully saturated rings. The number of esters is 2. The molecule has 15 heteroatoms. The normalized spacial score (nSPS) is 18.7. The molecule has 42 heavy (non-hydrogen) atoms. The molecule has 0 spiro atoms. The van der Waals surface area contributed by atoms with Gasteiger partial charge in [-0.2, -0.15) is 13.2 Å². The van der Waals surface area contributed by atoms with Gasteiger partial charge in [0.25, 0.3) is 0 Å². The van der Waals surface area contributed by atoms with Crippen molar-refractivity contribution in [3.63, 3.8) is 0 Å². The topological polar surface area (TPSA) is 143 Å². The van der Waals surface area contributed by atoms with Crippen LogP contribution in [0.15, 0.2) is 18.2 Å². The molecule has 2 aliphatic rings. The van der Waals surface area contributed by atoms with Crippen molar-refractivity contribution in [1.82, 2.24) is 14.7 Å². The molecule has 2 saturated heterocycles. The van der Waals surface area contributed by atoms with Crippen LogP contribution >= 0.6 is 0 Å². The molecule has 1 aromatic rings. The number of ether oxygens (including phenoxy) is 3. The lowest BCUT2D eigenvalue weighted by Gasteiger charge is -2.27. The first-order chi connectivity index (χ1) is 19.8. The number of carbonyl (C=O) groups is 5. The number of carbonyl (C=O) groups excluding carboxylic acids is 4. The number of alkyl halides is 3. The number of hydrogen-bond acceptors (Lipinski definition) is 9. The van der Waals surface area contributed by atoms with Gasteiger partial charge in [-0.25, -0.2) is 14.4 Å². The quantitative estimate of drug-likeness (QED) is 0.279. The van der Waals surface area contributed by atoms with Crippen molar-refractivity contribution in [2.24, 2.45) is 0 Å². The van der Waals surface area contributed by atoms with Gasteiger partial charge in [-0.05, 0) is 43.4 Å². The molecule has 0 bridgehead atoms. The van der Waals surface area contributed by atoms with Crippen molar-refractivity contribution in [1.29, 1.82) is 0 Å². The molecule has 0 radical (unpaired) electrons. The number of methoxy groups -OCH3 is 2. The van der Waals surface area contributed by atoms with Crippen LogP contribution in [0.4, 0.5) is 13.2 Å². The standard InChI is InChI=1S/C27H34F3N3O9/c1-40-20-8-7-17(15-21(20)41-2)16-31(13-9-22(34)32-11-3-5-18(32)24(36)37)14-10-23(35)33-12-4-6-19(33)25(38)42-26(39)27(28,29)30/h7-8,15,18-19H,3-6,9-14,16H2,1-2H3,(H,36,37)/t18-,19-/m1/s1. The van der Waals surface area contributed by atoms with E-state index in [2.05, 4.69) is 4.74 Å². The van der Waals surface area contributed by atoms with E-state index in [0.717, 1.165) is 10.5 Å². The van der Waals surface area contributed by atoms with Crippen molar-refractivity contribution in [3.8, 4) is 11.5 Å². The zero-order chi connectivity index (χ0) is 31.0. The van der Waals surface area contributed by atoms with Crippen molar-refractivity contribution >= 4 is 29.7 Å². The van der Waals surface area contributed by atoms with Gasteiger partial charge in [0, 0.05) is 45.6 Å². The van der Waals surface area contributed by atoms with Gasteiger partial charge in [0.1, 0.15) is 12.1 Å². The van der Waals surface area contributed by atoms with Crippen molar-refractivity contribution in [3.05, 3.63) is 23.8 Å². The molecule has 0 unspecified atom stereocenters. The molecular formula is C27H34F3N3O9. The van der Waals surface area contributed by atoms with Crippen LogP contribution in [0.3, 0.4) is 0 Å². The highest BCUT2D eigenvalue weighted by Gasteiger charge is 2.45. The number of likely N-dealkylation sites (tertiary alicyclic amines) is 2. The molecule has 12 nitrogen and oxygen atoms in total. The SMILES string of the molecule is COc1ccc(CN(CCC(=O)N2CCC[C@@H]2C(=O)O)CCC(=O)N2CCC[C@@H]2C(=O)OC(=O)C(F)(F)F)cc1OC. The largest absolute Gasteiger partial charge is 0.493 e. The maximum atomic E-state index is 13.1. The number of carboxylic acids is 1. The third kappa shape index (κ3) is 8.33. The zero-order valence-electron chi connectivity index (χ0n) is 23.4. The van der Waals surface area contributed by atoms with E-state index >= 15 is 0 Å². The molecule has 232 valence electrons. The highest BCUT2D eigenvalue weighted by Crippen LogP contribution is 2.28. The Labute approximate surface area is 240 Å². The first-order valence-corrected chi connectivity index (χ1v) is 13.4. The fourth-order valence-corrected chi connectivity index (χ4v) is 5.15. The number of hydrogen-bond donors (Lipinski definition) is 1. The number of halogens is 3. The van der Waals surface area contributed by atoms with E-state index < -0.39 is 42.1 Å². The Kier molecular flexibility index (Phi) is 11.1. The molecule has 1 N–H and O–H groups in total. The van der Waals surface area contributed by atoms with Crippen LogP contribution in [0.1, 0.15) is 44.1 Å². The zero-order valence-corrected chi connectivity index (χ0v) is 23.4. The van der Waals surface area contributed by atoms with Crippen LogP contribution in [-0.4, -0.2) is 108 Å². The summed E-state index contributed by atoms with van der Waals surface area (Å²) in [5.41, 5.74) is 0.769.